The maximum absolute atomic E-state index is 12.8. The zero-order valence-corrected chi connectivity index (χ0v) is 7.28. The summed E-state index contributed by atoms with van der Waals surface area (Å²) in [6.07, 6.45) is 4.82. The van der Waals surface area contributed by atoms with Crippen molar-refractivity contribution in [3.8, 4) is 0 Å². The first-order valence-electron chi connectivity index (χ1n) is 4.52. The molecule has 1 aliphatic carbocycles. The highest BCUT2D eigenvalue weighted by Crippen LogP contribution is 2.23. The van der Waals surface area contributed by atoms with Gasteiger partial charge in [-0.05, 0) is 25.3 Å². The van der Waals surface area contributed by atoms with Crippen LogP contribution in [0, 0.1) is 0 Å². The Balaban J connectivity index is 1.92. The molecule has 0 spiro atoms. The van der Waals surface area contributed by atoms with Gasteiger partial charge in [-0.2, -0.15) is 0 Å². The molecule has 0 aromatic carbocycles. The van der Waals surface area contributed by atoms with E-state index in [1.54, 1.807) is 18.5 Å². The molecule has 1 aromatic heterocycles. The van der Waals surface area contributed by atoms with Crippen molar-refractivity contribution in [2.75, 3.05) is 5.32 Å². The fourth-order valence-electron chi connectivity index (χ4n) is 1.61. The molecule has 0 radical (unpaired) electrons. The molecule has 1 N–H and O–H groups in total. The van der Waals surface area contributed by atoms with Gasteiger partial charge in [-0.3, -0.25) is 0 Å². The van der Waals surface area contributed by atoms with E-state index in [0.717, 1.165) is 6.42 Å². The molecule has 0 aliphatic heterocycles. The monoisotopic (exact) mass is 181 g/mol. The molecule has 2 unspecified atom stereocenters. The number of rotatable bonds is 2. The average molecular weight is 181 g/mol. The Hall–Kier alpha value is -1.19. The van der Waals surface area contributed by atoms with Crippen LogP contribution in [0.5, 0.6) is 0 Å². The normalized spacial score (nSPS) is 27.5. The number of hydrogen-bond acceptors (Lipinski definition) is 3. The van der Waals surface area contributed by atoms with Gasteiger partial charge in [0.05, 0.1) is 0 Å². The van der Waals surface area contributed by atoms with Gasteiger partial charge in [0.2, 0.25) is 5.95 Å². The molecule has 2 atom stereocenters. The minimum Gasteiger partial charge on any atom is -0.351 e. The third kappa shape index (κ3) is 2.14. The van der Waals surface area contributed by atoms with E-state index >= 15 is 0 Å². The molecular weight excluding hydrogens is 169 g/mol. The summed E-state index contributed by atoms with van der Waals surface area (Å²) >= 11 is 0. The summed E-state index contributed by atoms with van der Waals surface area (Å²) in [5.74, 6) is 0.599. The second-order valence-corrected chi connectivity index (χ2v) is 3.32. The average Bonchev–Trinajstić information content (AvgIpc) is 2.53. The SMILES string of the molecule is FC1CCC(Nc2ncccn2)C1. The van der Waals surface area contributed by atoms with Crippen molar-refractivity contribution < 1.29 is 4.39 Å². The van der Waals surface area contributed by atoms with Crippen LogP contribution in [-0.4, -0.2) is 22.2 Å². The van der Waals surface area contributed by atoms with Crippen molar-refractivity contribution in [1.29, 1.82) is 0 Å². The van der Waals surface area contributed by atoms with E-state index in [0.29, 0.717) is 18.8 Å². The molecule has 1 aromatic rings. The summed E-state index contributed by atoms with van der Waals surface area (Å²) < 4.78 is 12.8. The Bertz CT molecular complexity index is 265. The van der Waals surface area contributed by atoms with Gasteiger partial charge in [-0.1, -0.05) is 0 Å². The predicted molar refractivity (Wildman–Crippen MR) is 48.2 cm³/mol. The summed E-state index contributed by atoms with van der Waals surface area (Å²) in [5.41, 5.74) is 0. The van der Waals surface area contributed by atoms with E-state index in [4.69, 9.17) is 0 Å². The van der Waals surface area contributed by atoms with Gasteiger partial charge >= 0.3 is 0 Å². The molecule has 0 bridgehead atoms. The second-order valence-electron chi connectivity index (χ2n) is 3.32. The molecule has 1 heterocycles. The van der Waals surface area contributed by atoms with Crippen LogP contribution in [0.4, 0.5) is 10.3 Å². The first kappa shape index (κ1) is 8.41. The first-order valence-corrected chi connectivity index (χ1v) is 4.52. The Morgan fingerprint density at radius 1 is 1.31 bits per heavy atom. The number of hydrogen-bond donors (Lipinski definition) is 1. The maximum atomic E-state index is 12.8. The largest absolute Gasteiger partial charge is 0.351 e. The van der Waals surface area contributed by atoms with Crippen LogP contribution in [0.1, 0.15) is 19.3 Å². The Morgan fingerprint density at radius 2 is 2.08 bits per heavy atom. The van der Waals surface area contributed by atoms with Crippen LogP contribution in [0.2, 0.25) is 0 Å². The van der Waals surface area contributed by atoms with Crippen LogP contribution in [0.15, 0.2) is 18.5 Å². The van der Waals surface area contributed by atoms with Crippen LogP contribution < -0.4 is 5.32 Å². The third-order valence-corrected chi connectivity index (χ3v) is 2.27. The molecule has 3 nitrogen and oxygen atoms in total. The van der Waals surface area contributed by atoms with E-state index in [1.807, 2.05) is 0 Å². The van der Waals surface area contributed by atoms with Crippen molar-refractivity contribution in [3.05, 3.63) is 18.5 Å². The molecule has 70 valence electrons. The highest BCUT2D eigenvalue weighted by Gasteiger charge is 2.24. The van der Waals surface area contributed by atoms with Gasteiger partial charge in [0.15, 0.2) is 0 Å². The molecular formula is C9H12FN3. The molecule has 0 amide bonds. The topological polar surface area (TPSA) is 37.8 Å². The van der Waals surface area contributed by atoms with Crippen molar-refractivity contribution in [2.24, 2.45) is 0 Å². The molecule has 0 saturated heterocycles. The van der Waals surface area contributed by atoms with Crippen molar-refractivity contribution in [3.63, 3.8) is 0 Å². The van der Waals surface area contributed by atoms with E-state index in [2.05, 4.69) is 15.3 Å². The highest BCUT2D eigenvalue weighted by molar-refractivity contribution is 5.24. The quantitative estimate of drug-likeness (QED) is 0.755. The highest BCUT2D eigenvalue weighted by atomic mass is 19.1. The zero-order chi connectivity index (χ0) is 9.10. The maximum Gasteiger partial charge on any atom is 0.222 e. The van der Waals surface area contributed by atoms with Gasteiger partial charge in [-0.15, -0.1) is 0 Å². The molecule has 1 aliphatic rings. The molecule has 13 heavy (non-hydrogen) atoms. The lowest BCUT2D eigenvalue weighted by molar-refractivity contribution is 0.341. The van der Waals surface area contributed by atoms with E-state index in [1.165, 1.54) is 0 Å². The lowest BCUT2D eigenvalue weighted by atomic mass is 10.2. The van der Waals surface area contributed by atoms with Crippen LogP contribution in [0.25, 0.3) is 0 Å². The first-order chi connectivity index (χ1) is 6.34. The van der Waals surface area contributed by atoms with Crippen LogP contribution in [0.3, 0.4) is 0 Å². The van der Waals surface area contributed by atoms with E-state index < -0.39 is 6.17 Å². The zero-order valence-electron chi connectivity index (χ0n) is 7.28. The minimum absolute atomic E-state index is 0.206. The Morgan fingerprint density at radius 3 is 2.69 bits per heavy atom. The van der Waals surface area contributed by atoms with Crippen molar-refractivity contribution in [2.45, 2.75) is 31.5 Å². The second kappa shape index (κ2) is 3.68. The summed E-state index contributed by atoms with van der Waals surface area (Å²) in [6.45, 7) is 0. The van der Waals surface area contributed by atoms with Gasteiger partial charge in [0.25, 0.3) is 0 Å². The molecule has 2 rings (SSSR count). The number of anilines is 1. The predicted octanol–water partition coefficient (Wildman–Crippen LogP) is 1.78. The summed E-state index contributed by atoms with van der Waals surface area (Å²) in [6, 6.07) is 1.97. The molecule has 1 fully saturated rings. The van der Waals surface area contributed by atoms with Gasteiger partial charge in [-0.25, -0.2) is 14.4 Å². The van der Waals surface area contributed by atoms with Crippen LogP contribution >= 0.6 is 0 Å². The minimum atomic E-state index is -0.652. The Labute approximate surface area is 76.4 Å². The summed E-state index contributed by atoms with van der Waals surface area (Å²) in [5, 5.41) is 3.11. The van der Waals surface area contributed by atoms with Gasteiger partial charge < -0.3 is 5.32 Å². The number of nitrogens with zero attached hydrogens (tertiary/aromatic N) is 2. The molecule has 4 heteroatoms. The number of halogens is 1. The van der Waals surface area contributed by atoms with E-state index in [9.17, 15) is 4.39 Å². The number of nitrogens with one attached hydrogen (secondary N) is 1. The third-order valence-electron chi connectivity index (χ3n) is 2.27. The fourth-order valence-corrected chi connectivity index (χ4v) is 1.61. The van der Waals surface area contributed by atoms with E-state index in [-0.39, 0.29) is 6.04 Å². The smallest absolute Gasteiger partial charge is 0.222 e. The van der Waals surface area contributed by atoms with Crippen LogP contribution in [-0.2, 0) is 0 Å². The Kier molecular flexibility index (Phi) is 2.38. The van der Waals surface area contributed by atoms with Crippen molar-refractivity contribution in [1.82, 2.24) is 9.97 Å². The van der Waals surface area contributed by atoms with Crippen molar-refractivity contribution >= 4 is 5.95 Å². The number of aromatic nitrogens is 2. The fraction of sp³-hybridized carbons (Fsp3) is 0.556. The van der Waals surface area contributed by atoms with Gasteiger partial charge in [0, 0.05) is 18.4 Å². The summed E-state index contributed by atoms with van der Waals surface area (Å²) in [4.78, 5) is 8.05. The molecule has 1 saturated carbocycles. The summed E-state index contributed by atoms with van der Waals surface area (Å²) in [7, 11) is 0. The van der Waals surface area contributed by atoms with Gasteiger partial charge in [0.1, 0.15) is 6.17 Å². The standard InChI is InChI=1S/C9H12FN3/c10-7-2-3-8(6-7)13-9-11-4-1-5-12-9/h1,4-5,7-8H,2-3,6H2,(H,11,12,13). The number of alkyl halides is 1. The lowest BCUT2D eigenvalue weighted by Gasteiger charge is -2.10. The lowest BCUT2D eigenvalue weighted by Crippen LogP contribution is -2.17.